The fourth-order valence-corrected chi connectivity index (χ4v) is 2.16. The minimum atomic E-state index is -4.92. The van der Waals surface area contributed by atoms with Crippen LogP contribution in [-0.4, -0.2) is 0 Å². The average molecular weight is 286 g/mol. The summed E-state index contributed by atoms with van der Waals surface area (Å²) in [5.41, 5.74) is -3.35. The van der Waals surface area contributed by atoms with Gasteiger partial charge < -0.3 is 0 Å². The Balaban J connectivity index is 2.42. The molecule has 0 saturated heterocycles. The molecule has 4 rings (SSSR count). The van der Waals surface area contributed by atoms with Crippen molar-refractivity contribution in [3.63, 3.8) is 0 Å². The molecule has 2 radical (unpaired) electrons. The van der Waals surface area contributed by atoms with Gasteiger partial charge in [-0.05, 0) is 17.2 Å². The molecule has 0 N–H and O–H groups in total. The number of rotatable bonds is 0. The van der Waals surface area contributed by atoms with Crippen molar-refractivity contribution >= 4 is 0 Å². The number of hydrogen-bond donors (Lipinski definition) is 0. The van der Waals surface area contributed by atoms with Crippen LogP contribution in [0.5, 0.6) is 0 Å². The highest BCUT2D eigenvalue weighted by atomic mass is 19.4. The van der Waals surface area contributed by atoms with Crippen molar-refractivity contribution in [3.8, 4) is 22.3 Å². The highest BCUT2D eigenvalue weighted by molar-refractivity contribution is 5.82. The molecule has 0 heterocycles. The molecule has 0 fully saturated rings. The number of hydrogen-bond acceptors (Lipinski definition) is 0. The number of alkyl halides is 6. The van der Waals surface area contributed by atoms with E-state index in [4.69, 9.17) is 0 Å². The van der Waals surface area contributed by atoms with Crippen LogP contribution in [0.1, 0.15) is 11.1 Å². The van der Waals surface area contributed by atoms with Gasteiger partial charge in [0, 0.05) is 17.2 Å². The SMILES string of the molecule is FC(F)(F)c1[c]c(C(F)(F)F)c2[c]c1-c1ccc-2cc1. The van der Waals surface area contributed by atoms with Gasteiger partial charge >= 0.3 is 12.4 Å². The molecule has 0 spiro atoms. The molecule has 2 aliphatic carbocycles. The van der Waals surface area contributed by atoms with Crippen molar-refractivity contribution in [1.82, 2.24) is 0 Å². The van der Waals surface area contributed by atoms with Gasteiger partial charge in [-0.15, -0.1) is 0 Å². The largest absolute Gasteiger partial charge is 0.417 e. The van der Waals surface area contributed by atoms with Crippen LogP contribution in [0, 0.1) is 12.1 Å². The van der Waals surface area contributed by atoms with Crippen LogP contribution in [0.4, 0.5) is 26.3 Å². The maximum absolute atomic E-state index is 12.9. The van der Waals surface area contributed by atoms with E-state index in [1.807, 2.05) is 0 Å². The third-order valence-electron chi connectivity index (χ3n) is 3.03. The van der Waals surface area contributed by atoms with Gasteiger partial charge in [0.05, 0.1) is 11.1 Å². The number of halogens is 6. The zero-order chi connectivity index (χ0) is 14.7. The molecule has 2 aromatic rings. The summed E-state index contributed by atoms with van der Waals surface area (Å²) in [5, 5.41) is 0. The Morgan fingerprint density at radius 3 is 1.25 bits per heavy atom. The first-order valence-electron chi connectivity index (χ1n) is 5.46. The summed E-state index contributed by atoms with van der Waals surface area (Å²) in [6.07, 6.45) is -9.85. The van der Waals surface area contributed by atoms with E-state index in [1.165, 1.54) is 30.3 Å². The van der Waals surface area contributed by atoms with Crippen LogP contribution in [-0.2, 0) is 12.4 Å². The Morgan fingerprint density at radius 1 is 0.600 bits per heavy atom. The Bertz CT molecular complexity index is 620. The van der Waals surface area contributed by atoms with E-state index in [2.05, 4.69) is 6.07 Å². The lowest BCUT2D eigenvalue weighted by Gasteiger charge is -2.16. The molecule has 20 heavy (non-hydrogen) atoms. The first kappa shape index (κ1) is 13.0. The number of benzene rings is 2. The summed E-state index contributed by atoms with van der Waals surface area (Å²) in [6.45, 7) is 0. The van der Waals surface area contributed by atoms with Gasteiger partial charge in [-0.2, -0.15) is 26.3 Å². The van der Waals surface area contributed by atoms with E-state index in [0.717, 1.165) is 0 Å². The summed E-state index contributed by atoms with van der Waals surface area (Å²) < 4.78 is 77.6. The second-order valence-electron chi connectivity index (χ2n) is 4.32. The lowest BCUT2D eigenvalue weighted by Crippen LogP contribution is -2.13. The molecule has 6 heteroatoms. The average Bonchev–Trinajstić information content (AvgIpc) is 2.55. The fourth-order valence-electron chi connectivity index (χ4n) is 2.16. The lowest BCUT2D eigenvalue weighted by molar-refractivity contribution is -0.142. The molecule has 0 saturated carbocycles. The minimum Gasteiger partial charge on any atom is -0.166 e. The summed E-state index contributed by atoms with van der Waals surface area (Å²) in [5.74, 6) is 0. The molecule has 2 aliphatic rings. The zero-order valence-corrected chi connectivity index (χ0v) is 9.58. The van der Waals surface area contributed by atoms with Crippen LogP contribution in [0.3, 0.4) is 0 Å². The van der Waals surface area contributed by atoms with E-state index in [9.17, 15) is 26.3 Å². The molecule has 0 unspecified atom stereocenters. The van der Waals surface area contributed by atoms with E-state index in [0.29, 0.717) is 0 Å². The number of fused-ring (bicyclic) bond motifs is 2. The van der Waals surface area contributed by atoms with Crippen molar-refractivity contribution in [2.45, 2.75) is 12.4 Å². The molecule has 0 amide bonds. The van der Waals surface area contributed by atoms with Gasteiger partial charge in [-0.3, -0.25) is 0 Å². The standard InChI is InChI=1S/C14H4F6/c15-13(16,17)11-6-12(14(18,19)20)10-5-9(11)7-1-2-8(10)4-3-7/h1-4H. The second kappa shape index (κ2) is 3.77. The topological polar surface area (TPSA) is 0 Å². The van der Waals surface area contributed by atoms with Crippen molar-refractivity contribution in [3.05, 3.63) is 47.5 Å². The molecule has 0 aliphatic heterocycles. The second-order valence-corrected chi connectivity index (χ2v) is 4.32. The van der Waals surface area contributed by atoms with Gasteiger partial charge in [0.25, 0.3) is 0 Å². The van der Waals surface area contributed by atoms with Crippen LogP contribution < -0.4 is 0 Å². The molecule has 102 valence electrons. The Morgan fingerprint density at radius 2 is 0.950 bits per heavy atom. The summed E-state index contributed by atoms with van der Waals surface area (Å²) in [7, 11) is 0. The van der Waals surface area contributed by atoms with Gasteiger partial charge in [-0.25, -0.2) is 0 Å². The summed E-state index contributed by atoms with van der Waals surface area (Å²) in [6, 6.07) is 9.13. The quantitative estimate of drug-likeness (QED) is 0.512. The molecule has 0 atom stereocenters. The predicted molar refractivity (Wildman–Crippen MR) is 58.5 cm³/mol. The predicted octanol–water partition coefficient (Wildman–Crippen LogP) is 4.97. The van der Waals surface area contributed by atoms with Crippen LogP contribution in [0.2, 0.25) is 0 Å². The lowest BCUT2D eigenvalue weighted by atomic mass is 9.95. The maximum Gasteiger partial charge on any atom is 0.417 e. The Hall–Kier alpha value is -1.98. The smallest absolute Gasteiger partial charge is 0.166 e. The molecular weight excluding hydrogens is 282 g/mol. The summed E-state index contributed by atoms with van der Waals surface area (Å²) in [4.78, 5) is 0. The van der Waals surface area contributed by atoms with Crippen LogP contribution in [0.15, 0.2) is 24.3 Å². The van der Waals surface area contributed by atoms with Crippen LogP contribution in [0.25, 0.3) is 22.3 Å². The third-order valence-corrected chi connectivity index (χ3v) is 3.03. The normalized spacial score (nSPS) is 13.5. The highest BCUT2D eigenvalue weighted by Crippen LogP contribution is 2.46. The minimum absolute atomic E-state index is 0.171. The van der Waals surface area contributed by atoms with Crippen molar-refractivity contribution < 1.29 is 26.3 Å². The molecule has 0 aromatic heterocycles. The molecule has 4 bridgehead atoms. The van der Waals surface area contributed by atoms with Gasteiger partial charge in [0.2, 0.25) is 0 Å². The zero-order valence-electron chi connectivity index (χ0n) is 9.58. The first-order valence-corrected chi connectivity index (χ1v) is 5.46. The molecule has 2 aromatic carbocycles. The van der Waals surface area contributed by atoms with E-state index < -0.39 is 34.6 Å². The Kier molecular flexibility index (Phi) is 2.46. The Labute approximate surface area is 109 Å². The monoisotopic (exact) mass is 286 g/mol. The van der Waals surface area contributed by atoms with Gasteiger partial charge in [0.15, 0.2) is 0 Å². The third kappa shape index (κ3) is 1.87. The maximum atomic E-state index is 12.9. The van der Waals surface area contributed by atoms with E-state index in [1.54, 1.807) is 0 Å². The van der Waals surface area contributed by atoms with Crippen molar-refractivity contribution in [2.75, 3.05) is 0 Å². The van der Waals surface area contributed by atoms with Gasteiger partial charge in [0.1, 0.15) is 0 Å². The highest BCUT2D eigenvalue weighted by Gasteiger charge is 2.41. The van der Waals surface area contributed by atoms with E-state index in [-0.39, 0.29) is 11.1 Å². The van der Waals surface area contributed by atoms with Crippen LogP contribution >= 0.6 is 0 Å². The molecule has 0 nitrogen and oxygen atoms in total. The van der Waals surface area contributed by atoms with Crippen molar-refractivity contribution in [2.24, 2.45) is 0 Å². The first-order chi connectivity index (χ1) is 9.18. The van der Waals surface area contributed by atoms with Crippen molar-refractivity contribution in [1.29, 1.82) is 0 Å². The van der Waals surface area contributed by atoms with Gasteiger partial charge in [-0.1, -0.05) is 24.3 Å². The molecular formula is C14H4F6. The fraction of sp³-hybridized carbons (Fsp3) is 0.143. The summed E-state index contributed by atoms with van der Waals surface area (Å²) >= 11 is 0. The van der Waals surface area contributed by atoms with E-state index >= 15 is 0 Å².